The van der Waals surface area contributed by atoms with E-state index in [-0.39, 0.29) is 0 Å². The van der Waals surface area contributed by atoms with Gasteiger partial charge in [-0.3, -0.25) is 0 Å². The Labute approximate surface area is 142 Å². The minimum Gasteiger partial charge on any atom is -0.399 e. The molecule has 1 heterocycles. The zero-order chi connectivity index (χ0) is 15.0. The fourth-order valence-corrected chi connectivity index (χ4v) is 2.70. The molecule has 0 amide bonds. The molecule has 0 atom stereocenters. The normalized spacial score (nSPS) is 10.8. The maximum atomic E-state index is 5.98. The van der Waals surface area contributed by atoms with Gasteiger partial charge in [0.15, 0.2) is 0 Å². The SMILES string of the molecule is Nc1ccc(Br)c(-c2nc(-c3ccc(Cl)c(Br)c3)no2)c1. The van der Waals surface area contributed by atoms with Gasteiger partial charge in [-0.25, -0.2) is 0 Å². The van der Waals surface area contributed by atoms with Crippen molar-refractivity contribution in [3.63, 3.8) is 0 Å². The Morgan fingerprint density at radius 1 is 1.05 bits per heavy atom. The van der Waals surface area contributed by atoms with Gasteiger partial charge in [-0.2, -0.15) is 4.98 Å². The Bertz CT molecular complexity index is 820. The number of rotatable bonds is 2. The molecule has 106 valence electrons. The summed E-state index contributed by atoms with van der Waals surface area (Å²) in [5.74, 6) is 0.881. The molecule has 3 rings (SSSR count). The predicted octanol–water partition coefficient (Wildman–Crippen LogP) is 5.16. The van der Waals surface area contributed by atoms with Gasteiger partial charge in [0, 0.05) is 20.2 Å². The molecule has 2 aromatic carbocycles. The molecule has 1 aromatic heterocycles. The molecule has 4 nitrogen and oxygen atoms in total. The van der Waals surface area contributed by atoms with E-state index in [2.05, 4.69) is 42.0 Å². The van der Waals surface area contributed by atoms with Crippen LogP contribution in [0.4, 0.5) is 5.69 Å². The molecule has 0 aliphatic carbocycles. The second-order valence-corrected chi connectivity index (χ2v) is 6.41. The van der Waals surface area contributed by atoms with Gasteiger partial charge in [-0.15, -0.1) is 0 Å². The fraction of sp³-hybridized carbons (Fsp3) is 0. The summed E-state index contributed by atoms with van der Waals surface area (Å²) in [6, 6.07) is 10.8. The van der Waals surface area contributed by atoms with Crippen LogP contribution in [-0.4, -0.2) is 10.1 Å². The number of aromatic nitrogens is 2. The van der Waals surface area contributed by atoms with Crippen molar-refractivity contribution < 1.29 is 4.52 Å². The minimum absolute atomic E-state index is 0.398. The number of anilines is 1. The van der Waals surface area contributed by atoms with Crippen molar-refractivity contribution in [2.75, 3.05) is 5.73 Å². The highest BCUT2D eigenvalue weighted by Crippen LogP contribution is 2.32. The molecular weight excluding hydrogens is 421 g/mol. The van der Waals surface area contributed by atoms with Crippen molar-refractivity contribution in [3.8, 4) is 22.8 Å². The highest BCUT2D eigenvalue weighted by atomic mass is 79.9. The van der Waals surface area contributed by atoms with E-state index in [1.807, 2.05) is 18.2 Å². The van der Waals surface area contributed by atoms with Crippen LogP contribution < -0.4 is 5.73 Å². The third-order valence-electron chi connectivity index (χ3n) is 2.82. The maximum Gasteiger partial charge on any atom is 0.259 e. The van der Waals surface area contributed by atoms with Gasteiger partial charge in [0.2, 0.25) is 5.82 Å². The number of benzene rings is 2. The molecular formula is C14H8Br2ClN3O. The average Bonchev–Trinajstić information content (AvgIpc) is 2.94. The Morgan fingerprint density at radius 3 is 2.62 bits per heavy atom. The van der Waals surface area contributed by atoms with E-state index in [0.29, 0.717) is 22.4 Å². The van der Waals surface area contributed by atoms with Crippen LogP contribution in [0.25, 0.3) is 22.8 Å². The minimum atomic E-state index is 0.398. The number of nitrogen functional groups attached to an aromatic ring is 1. The highest BCUT2D eigenvalue weighted by molar-refractivity contribution is 9.11. The molecule has 0 fully saturated rings. The Morgan fingerprint density at radius 2 is 1.86 bits per heavy atom. The number of nitrogens with two attached hydrogens (primary N) is 1. The molecule has 0 spiro atoms. The summed E-state index contributed by atoms with van der Waals surface area (Å²) in [7, 11) is 0. The number of hydrogen-bond acceptors (Lipinski definition) is 4. The topological polar surface area (TPSA) is 64.9 Å². The van der Waals surface area contributed by atoms with Crippen molar-refractivity contribution >= 4 is 49.1 Å². The van der Waals surface area contributed by atoms with Crippen LogP contribution in [-0.2, 0) is 0 Å². The van der Waals surface area contributed by atoms with Gasteiger partial charge in [0.25, 0.3) is 5.89 Å². The standard InChI is InChI=1S/C14H8Br2ClN3O/c15-10-3-2-8(18)6-9(10)14-19-13(20-21-14)7-1-4-12(17)11(16)5-7/h1-6H,18H2. The summed E-state index contributed by atoms with van der Waals surface area (Å²) in [6.45, 7) is 0. The second-order valence-electron chi connectivity index (χ2n) is 4.29. The summed E-state index contributed by atoms with van der Waals surface area (Å²) in [4.78, 5) is 4.40. The van der Waals surface area contributed by atoms with Crippen LogP contribution in [0, 0.1) is 0 Å². The van der Waals surface area contributed by atoms with Gasteiger partial charge >= 0.3 is 0 Å². The first kappa shape index (κ1) is 14.6. The third kappa shape index (κ3) is 2.97. The van der Waals surface area contributed by atoms with Crippen LogP contribution in [0.15, 0.2) is 49.9 Å². The summed E-state index contributed by atoms with van der Waals surface area (Å²) < 4.78 is 6.93. The molecule has 0 bridgehead atoms. The molecule has 3 aromatic rings. The van der Waals surface area contributed by atoms with Gasteiger partial charge < -0.3 is 10.3 Å². The van der Waals surface area contributed by atoms with Crippen LogP contribution in [0.3, 0.4) is 0 Å². The molecule has 0 aliphatic rings. The summed E-state index contributed by atoms with van der Waals surface area (Å²) in [6.07, 6.45) is 0. The number of halogens is 3. The Hall–Kier alpha value is -1.37. The van der Waals surface area contributed by atoms with E-state index in [0.717, 1.165) is 20.1 Å². The lowest BCUT2D eigenvalue weighted by atomic mass is 10.2. The summed E-state index contributed by atoms with van der Waals surface area (Å²) >= 11 is 12.8. The zero-order valence-corrected chi connectivity index (χ0v) is 14.4. The Balaban J connectivity index is 2.03. The van der Waals surface area contributed by atoms with Crippen molar-refractivity contribution in [3.05, 3.63) is 50.4 Å². The molecule has 0 saturated heterocycles. The fourth-order valence-electron chi connectivity index (χ4n) is 1.79. The smallest absolute Gasteiger partial charge is 0.259 e. The monoisotopic (exact) mass is 427 g/mol. The Kier molecular flexibility index (Phi) is 4.01. The van der Waals surface area contributed by atoms with Crippen molar-refractivity contribution in [2.24, 2.45) is 0 Å². The first-order valence-electron chi connectivity index (χ1n) is 5.89. The van der Waals surface area contributed by atoms with Gasteiger partial charge in [-0.05, 0) is 68.3 Å². The average molecular weight is 429 g/mol. The molecule has 7 heteroatoms. The quantitative estimate of drug-likeness (QED) is 0.571. The second kappa shape index (κ2) is 5.79. The highest BCUT2D eigenvalue weighted by Gasteiger charge is 2.14. The predicted molar refractivity (Wildman–Crippen MR) is 90.0 cm³/mol. The molecule has 0 radical (unpaired) electrons. The lowest BCUT2D eigenvalue weighted by Crippen LogP contribution is -1.87. The number of nitrogens with zero attached hydrogens (tertiary/aromatic N) is 2. The van der Waals surface area contributed by atoms with Crippen LogP contribution >= 0.6 is 43.5 Å². The summed E-state index contributed by atoms with van der Waals surface area (Å²) in [5.41, 5.74) is 7.97. The first-order valence-corrected chi connectivity index (χ1v) is 7.85. The molecule has 21 heavy (non-hydrogen) atoms. The molecule has 2 N–H and O–H groups in total. The van der Waals surface area contributed by atoms with Crippen LogP contribution in [0.1, 0.15) is 0 Å². The van der Waals surface area contributed by atoms with Crippen molar-refractivity contribution in [1.82, 2.24) is 10.1 Å². The van der Waals surface area contributed by atoms with Crippen molar-refractivity contribution in [2.45, 2.75) is 0 Å². The van der Waals surface area contributed by atoms with Gasteiger partial charge in [0.05, 0.1) is 10.6 Å². The van der Waals surface area contributed by atoms with Crippen molar-refractivity contribution in [1.29, 1.82) is 0 Å². The zero-order valence-electron chi connectivity index (χ0n) is 10.5. The van der Waals surface area contributed by atoms with E-state index in [1.54, 1.807) is 18.2 Å². The lowest BCUT2D eigenvalue weighted by molar-refractivity contribution is 0.432. The van der Waals surface area contributed by atoms with E-state index in [1.165, 1.54) is 0 Å². The van der Waals surface area contributed by atoms with E-state index in [4.69, 9.17) is 21.9 Å². The van der Waals surface area contributed by atoms with Gasteiger partial charge in [0.1, 0.15) is 0 Å². The van der Waals surface area contributed by atoms with Crippen LogP contribution in [0.5, 0.6) is 0 Å². The van der Waals surface area contributed by atoms with E-state index < -0.39 is 0 Å². The largest absolute Gasteiger partial charge is 0.399 e. The van der Waals surface area contributed by atoms with E-state index in [9.17, 15) is 0 Å². The molecule has 0 unspecified atom stereocenters. The lowest BCUT2D eigenvalue weighted by Gasteiger charge is -2.00. The maximum absolute atomic E-state index is 5.98. The van der Waals surface area contributed by atoms with Gasteiger partial charge in [-0.1, -0.05) is 16.8 Å². The van der Waals surface area contributed by atoms with E-state index >= 15 is 0 Å². The first-order chi connectivity index (χ1) is 10.0. The summed E-state index contributed by atoms with van der Waals surface area (Å²) in [5, 5.41) is 4.62. The third-order valence-corrected chi connectivity index (χ3v) is 4.73. The molecule has 0 saturated carbocycles. The molecule has 0 aliphatic heterocycles. The number of hydrogen-bond donors (Lipinski definition) is 1. The van der Waals surface area contributed by atoms with Crippen LogP contribution in [0.2, 0.25) is 5.02 Å².